The van der Waals surface area contributed by atoms with Crippen LogP contribution in [0.1, 0.15) is 53.9 Å². The van der Waals surface area contributed by atoms with E-state index in [4.69, 9.17) is 27.9 Å². The Morgan fingerprint density at radius 1 is 1.03 bits per heavy atom. The molecule has 0 aliphatic rings. The summed E-state index contributed by atoms with van der Waals surface area (Å²) in [5, 5.41) is 1.52. The van der Waals surface area contributed by atoms with Gasteiger partial charge in [0.1, 0.15) is 11.6 Å². The fourth-order valence-corrected chi connectivity index (χ4v) is 5.53. The summed E-state index contributed by atoms with van der Waals surface area (Å²) >= 11 is 13.8. The Bertz CT molecular complexity index is 1470. The minimum atomic E-state index is -0.551. The van der Waals surface area contributed by atoms with Crippen LogP contribution >= 0.6 is 35.0 Å². The fourth-order valence-electron chi connectivity index (χ4n) is 4.25. The average molecular weight is 590 g/mol. The monoisotopic (exact) mass is 588 g/mol. The maximum absolute atomic E-state index is 15.0. The average Bonchev–Trinajstić information content (AvgIpc) is 3.34. The molecule has 0 aliphatic heterocycles. The molecule has 0 atom stereocenters. The number of methoxy groups -OCH3 is 1. The van der Waals surface area contributed by atoms with Gasteiger partial charge in [0.05, 0.1) is 21.9 Å². The predicted octanol–water partition coefficient (Wildman–Crippen LogP) is 8.68. The van der Waals surface area contributed by atoms with Crippen LogP contribution in [0, 0.1) is 11.6 Å². The molecule has 4 aromatic rings. The van der Waals surface area contributed by atoms with Crippen molar-refractivity contribution >= 4 is 40.7 Å². The van der Waals surface area contributed by atoms with Gasteiger partial charge in [-0.25, -0.2) is 13.8 Å². The van der Waals surface area contributed by atoms with Crippen molar-refractivity contribution < 1.29 is 18.3 Å². The topological polar surface area (TPSA) is 44.1 Å². The largest absolute Gasteiger partial charge is 0.385 e. The first-order valence-corrected chi connectivity index (χ1v) is 14.1. The van der Waals surface area contributed by atoms with E-state index in [1.54, 1.807) is 43.6 Å². The van der Waals surface area contributed by atoms with Gasteiger partial charge < -0.3 is 4.74 Å². The lowest BCUT2D eigenvalue weighted by Crippen LogP contribution is -2.23. The highest BCUT2D eigenvalue weighted by Crippen LogP contribution is 2.38. The van der Waals surface area contributed by atoms with E-state index in [1.807, 2.05) is 30.5 Å². The van der Waals surface area contributed by atoms with Crippen LogP contribution < -0.4 is 0 Å². The maximum atomic E-state index is 15.0. The molecule has 0 saturated heterocycles. The molecular formula is C30H28Cl2F2N2O2S. The first-order valence-electron chi connectivity index (χ1n) is 12.3. The van der Waals surface area contributed by atoms with Crippen molar-refractivity contribution in [3.05, 3.63) is 111 Å². The van der Waals surface area contributed by atoms with E-state index in [0.717, 1.165) is 16.9 Å². The lowest BCUT2D eigenvalue weighted by molar-refractivity contribution is 0.0963. The van der Waals surface area contributed by atoms with Gasteiger partial charge in [-0.2, -0.15) is 0 Å². The Balaban J connectivity index is 1.64. The summed E-state index contributed by atoms with van der Waals surface area (Å²) in [4.78, 5) is 17.0. The first-order chi connectivity index (χ1) is 18.6. The quantitative estimate of drug-likeness (QED) is 0.0998. The standard InChI is InChI=1S/C30H28Cl2F2N2O2S/c1-30(2,21-8-13-24(31)25(32)16-21)28-17-35-29(36(28)23-11-9-22(33)10-12-23)39-18-20-7-6-19(15-26(20)34)27(37)5-4-14-38-3/h6-13,15-17H,4-5,14,18H2,1-3H3. The molecule has 0 aliphatic carbocycles. The lowest BCUT2D eigenvalue weighted by atomic mass is 9.81. The van der Waals surface area contributed by atoms with Crippen molar-refractivity contribution in [2.24, 2.45) is 0 Å². The molecule has 39 heavy (non-hydrogen) atoms. The molecule has 0 saturated carbocycles. The summed E-state index contributed by atoms with van der Waals surface area (Å²) < 4.78 is 35.7. The summed E-state index contributed by atoms with van der Waals surface area (Å²) in [5.41, 5.74) is 2.73. The predicted molar refractivity (Wildman–Crippen MR) is 154 cm³/mol. The number of thioether (sulfide) groups is 1. The Hall–Kier alpha value is -2.71. The second kappa shape index (κ2) is 12.6. The van der Waals surface area contributed by atoms with Crippen LogP contribution in [0.25, 0.3) is 5.69 Å². The first kappa shape index (κ1) is 29.3. The molecule has 0 amide bonds. The van der Waals surface area contributed by atoms with Gasteiger partial charge in [-0.05, 0) is 60.0 Å². The smallest absolute Gasteiger partial charge is 0.173 e. The highest BCUT2D eigenvalue weighted by Gasteiger charge is 2.30. The Morgan fingerprint density at radius 3 is 2.44 bits per heavy atom. The molecule has 3 aromatic carbocycles. The SMILES string of the molecule is COCCCC(=O)c1ccc(CSc2ncc(C(C)(C)c3ccc(Cl)c(Cl)c3)n2-c2ccc(F)cc2)c(F)c1. The summed E-state index contributed by atoms with van der Waals surface area (Å²) in [7, 11) is 1.58. The van der Waals surface area contributed by atoms with Gasteiger partial charge in [0, 0.05) is 42.6 Å². The van der Waals surface area contributed by atoms with Gasteiger partial charge in [0.25, 0.3) is 0 Å². The number of carbonyl (C=O) groups is 1. The minimum Gasteiger partial charge on any atom is -0.385 e. The van der Waals surface area contributed by atoms with Gasteiger partial charge in [-0.1, -0.05) is 67.0 Å². The highest BCUT2D eigenvalue weighted by atomic mass is 35.5. The second-order valence-corrected chi connectivity index (χ2v) is 11.4. The van der Waals surface area contributed by atoms with E-state index < -0.39 is 11.2 Å². The van der Waals surface area contributed by atoms with Crippen molar-refractivity contribution in [3.8, 4) is 5.69 Å². The van der Waals surface area contributed by atoms with Gasteiger partial charge in [-0.15, -0.1) is 0 Å². The van der Waals surface area contributed by atoms with E-state index in [9.17, 15) is 13.6 Å². The van der Waals surface area contributed by atoms with Crippen molar-refractivity contribution in [2.75, 3.05) is 13.7 Å². The van der Waals surface area contributed by atoms with E-state index >= 15 is 0 Å². The van der Waals surface area contributed by atoms with Crippen LogP contribution in [-0.4, -0.2) is 29.1 Å². The number of rotatable bonds is 11. The third-order valence-electron chi connectivity index (χ3n) is 6.58. The number of hydrogen-bond acceptors (Lipinski definition) is 4. The van der Waals surface area contributed by atoms with E-state index in [-0.39, 0.29) is 17.4 Å². The third kappa shape index (κ3) is 6.72. The molecule has 0 unspecified atom stereocenters. The minimum absolute atomic E-state index is 0.119. The Morgan fingerprint density at radius 2 is 1.77 bits per heavy atom. The molecule has 0 bridgehead atoms. The summed E-state index contributed by atoms with van der Waals surface area (Å²) in [6.45, 7) is 4.56. The number of ketones is 1. The number of halogens is 4. The summed E-state index contributed by atoms with van der Waals surface area (Å²) in [6, 6.07) is 16.2. The zero-order valence-corrected chi connectivity index (χ0v) is 24.1. The van der Waals surface area contributed by atoms with Crippen molar-refractivity contribution in [1.29, 1.82) is 0 Å². The number of imidazole rings is 1. The van der Waals surface area contributed by atoms with E-state index in [2.05, 4.69) is 4.98 Å². The molecule has 0 fully saturated rings. The molecule has 1 aromatic heterocycles. The van der Waals surface area contributed by atoms with Crippen LogP contribution in [0.5, 0.6) is 0 Å². The second-order valence-electron chi connectivity index (χ2n) is 9.61. The van der Waals surface area contributed by atoms with Crippen molar-refractivity contribution in [2.45, 2.75) is 43.0 Å². The van der Waals surface area contributed by atoms with Crippen LogP contribution in [-0.2, 0) is 15.9 Å². The number of Topliss-reactive ketones (excluding diaryl/α,β-unsaturated/α-hetero) is 1. The van der Waals surface area contributed by atoms with Gasteiger partial charge >= 0.3 is 0 Å². The third-order valence-corrected chi connectivity index (χ3v) is 8.32. The molecule has 0 radical (unpaired) electrons. The molecular weight excluding hydrogens is 561 g/mol. The van der Waals surface area contributed by atoms with Gasteiger partial charge in [-0.3, -0.25) is 9.36 Å². The van der Waals surface area contributed by atoms with Crippen LogP contribution in [0.15, 0.2) is 72.0 Å². The van der Waals surface area contributed by atoms with E-state index in [1.165, 1.54) is 30.0 Å². The molecule has 0 N–H and O–H groups in total. The van der Waals surface area contributed by atoms with Crippen LogP contribution in [0.4, 0.5) is 8.78 Å². The fraction of sp³-hybridized carbons (Fsp3) is 0.267. The van der Waals surface area contributed by atoms with Gasteiger partial charge in [0.2, 0.25) is 0 Å². The van der Waals surface area contributed by atoms with E-state index in [0.29, 0.717) is 45.8 Å². The highest BCUT2D eigenvalue weighted by molar-refractivity contribution is 7.98. The van der Waals surface area contributed by atoms with Crippen molar-refractivity contribution in [1.82, 2.24) is 9.55 Å². The zero-order chi connectivity index (χ0) is 28.2. The molecule has 0 spiro atoms. The normalized spacial score (nSPS) is 11.7. The Kier molecular flexibility index (Phi) is 9.49. The molecule has 1 heterocycles. The van der Waals surface area contributed by atoms with Crippen molar-refractivity contribution in [3.63, 3.8) is 0 Å². The molecule has 4 rings (SSSR count). The number of hydrogen-bond donors (Lipinski definition) is 0. The number of aromatic nitrogens is 2. The van der Waals surface area contributed by atoms with Crippen LogP contribution in [0.3, 0.4) is 0 Å². The van der Waals surface area contributed by atoms with Crippen LogP contribution in [0.2, 0.25) is 10.0 Å². The number of nitrogens with zero attached hydrogens (tertiary/aromatic N) is 2. The van der Waals surface area contributed by atoms with Gasteiger partial charge in [0.15, 0.2) is 10.9 Å². The molecule has 4 nitrogen and oxygen atoms in total. The molecule has 9 heteroatoms. The number of ether oxygens (including phenoxy) is 1. The molecule has 204 valence electrons. The zero-order valence-electron chi connectivity index (χ0n) is 21.8. The Labute approximate surface area is 241 Å². The summed E-state index contributed by atoms with van der Waals surface area (Å²) in [6.07, 6.45) is 2.65. The number of benzene rings is 3. The number of carbonyl (C=O) groups excluding carboxylic acids is 1. The summed E-state index contributed by atoms with van der Waals surface area (Å²) in [5.74, 6) is -0.630. The maximum Gasteiger partial charge on any atom is 0.173 e. The lowest BCUT2D eigenvalue weighted by Gasteiger charge is -2.28.